The van der Waals surface area contributed by atoms with Gasteiger partial charge >= 0.3 is 0 Å². The molecule has 200 valence electrons. The first-order valence-electron chi connectivity index (χ1n) is 11.7. The van der Waals surface area contributed by atoms with Crippen molar-refractivity contribution in [2.75, 3.05) is 0 Å². The molecule has 0 aliphatic carbocycles. The molecule has 0 aliphatic heterocycles. The number of nitro groups is 1. The monoisotopic (exact) mass is 715 g/mol. The third kappa shape index (κ3) is 7.19. The largest absolute Gasteiger partial charge is 0.289 e. The molecule has 9 heteroatoms. The van der Waals surface area contributed by atoms with Crippen molar-refractivity contribution >= 4 is 78.1 Å². The molecule has 0 unspecified atom stereocenters. The Kier molecular flexibility index (Phi) is 10.2. The maximum absolute atomic E-state index is 12.0. The maximum Gasteiger partial charge on any atom is 0.269 e. The van der Waals surface area contributed by atoms with Crippen LogP contribution < -0.4 is 0 Å². The van der Waals surface area contributed by atoms with Crippen LogP contribution in [-0.2, 0) is 0 Å². The van der Waals surface area contributed by atoms with E-state index in [9.17, 15) is 14.9 Å². The van der Waals surface area contributed by atoms with E-state index in [1.54, 1.807) is 24.3 Å². The minimum atomic E-state index is -0.489. The van der Waals surface area contributed by atoms with Crippen LogP contribution in [0.5, 0.6) is 0 Å². The molecule has 0 amide bonds. The molecule has 5 aromatic carbocycles. The van der Waals surface area contributed by atoms with Gasteiger partial charge in [-0.05, 0) is 53.6 Å². The SMILES string of the molecule is Clc1ccc(-c2ccc(Cl)c(-c3ccc(Br)cc3)c2Cl)c(Br)c1.O=C(c1ccccc1)c1ccc([N+](=O)[O-])cc1. The Labute approximate surface area is 262 Å². The van der Waals surface area contributed by atoms with Crippen LogP contribution in [0.2, 0.25) is 15.1 Å². The van der Waals surface area contributed by atoms with Gasteiger partial charge in [-0.25, -0.2) is 0 Å². The summed E-state index contributed by atoms with van der Waals surface area (Å²) < 4.78 is 1.89. The molecule has 0 radical (unpaired) electrons. The number of non-ortho nitro benzene ring substituents is 1. The summed E-state index contributed by atoms with van der Waals surface area (Å²) in [6.07, 6.45) is 0. The standard InChI is InChI=1S/C18H9Br2Cl3.C13H9NO3/c19-11-3-1-10(2-4-11)17-16(22)8-7-14(18(17)23)13-6-5-12(21)9-15(13)20;15-13(10-4-2-1-3-5-10)11-6-8-12(9-7-11)14(16)17/h1-9H;1-9H. The van der Waals surface area contributed by atoms with Crippen LogP contribution in [0.1, 0.15) is 15.9 Å². The normalized spacial score (nSPS) is 10.4. The lowest BCUT2D eigenvalue weighted by molar-refractivity contribution is -0.384. The lowest BCUT2D eigenvalue weighted by Gasteiger charge is -2.14. The molecule has 4 nitrogen and oxygen atoms in total. The summed E-state index contributed by atoms with van der Waals surface area (Å²) in [5.41, 5.74) is 4.65. The molecule has 0 saturated heterocycles. The third-order valence-corrected chi connectivity index (χ3v) is 7.95. The molecule has 0 aromatic heterocycles. The van der Waals surface area contributed by atoms with E-state index in [0.717, 1.165) is 31.2 Å². The molecule has 0 aliphatic rings. The highest BCUT2D eigenvalue weighted by Crippen LogP contribution is 2.43. The molecule has 0 heterocycles. The Hall–Kier alpha value is -3.00. The summed E-state index contributed by atoms with van der Waals surface area (Å²) >= 11 is 26.1. The van der Waals surface area contributed by atoms with E-state index in [2.05, 4.69) is 31.9 Å². The van der Waals surface area contributed by atoms with Crippen molar-refractivity contribution < 1.29 is 9.72 Å². The van der Waals surface area contributed by atoms with Crippen LogP contribution in [-0.4, -0.2) is 10.7 Å². The van der Waals surface area contributed by atoms with Crippen LogP contribution in [0.25, 0.3) is 22.3 Å². The lowest BCUT2D eigenvalue weighted by Crippen LogP contribution is -2.00. The number of ketones is 1. The lowest BCUT2D eigenvalue weighted by atomic mass is 9.98. The van der Waals surface area contributed by atoms with Gasteiger partial charge in [-0.2, -0.15) is 0 Å². The molecule has 0 bridgehead atoms. The predicted octanol–water partition coefficient (Wildman–Crippen LogP) is 11.3. The minimum absolute atomic E-state index is 0.0189. The Balaban J connectivity index is 0.000000194. The Morgan fingerprint density at radius 3 is 1.90 bits per heavy atom. The van der Waals surface area contributed by atoms with E-state index in [0.29, 0.717) is 26.2 Å². The molecule has 0 spiro atoms. The van der Waals surface area contributed by atoms with Crippen LogP contribution in [0.3, 0.4) is 0 Å². The van der Waals surface area contributed by atoms with Gasteiger partial charge in [0.2, 0.25) is 0 Å². The van der Waals surface area contributed by atoms with Crippen molar-refractivity contribution in [3.05, 3.63) is 154 Å². The summed E-state index contributed by atoms with van der Waals surface area (Å²) in [6.45, 7) is 0. The van der Waals surface area contributed by atoms with Gasteiger partial charge in [0, 0.05) is 53.4 Å². The highest BCUT2D eigenvalue weighted by atomic mass is 79.9. The van der Waals surface area contributed by atoms with Crippen molar-refractivity contribution in [3.8, 4) is 22.3 Å². The first-order valence-corrected chi connectivity index (χ1v) is 14.4. The number of benzene rings is 5. The van der Waals surface area contributed by atoms with E-state index in [1.807, 2.05) is 60.7 Å². The number of nitrogens with zero attached hydrogens (tertiary/aromatic N) is 1. The molecular weight excluding hydrogens is 701 g/mol. The Morgan fingerprint density at radius 2 is 1.30 bits per heavy atom. The highest BCUT2D eigenvalue weighted by Gasteiger charge is 2.16. The first-order chi connectivity index (χ1) is 19.2. The average molecular weight is 719 g/mol. The Bertz CT molecular complexity index is 1680. The van der Waals surface area contributed by atoms with Gasteiger partial charge in [0.05, 0.1) is 9.95 Å². The number of hydrogen-bond acceptors (Lipinski definition) is 3. The molecule has 0 fully saturated rings. The molecule has 5 aromatic rings. The minimum Gasteiger partial charge on any atom is -0.289 e. The second-order valence-corrected chi connectivity index (χ2v) is 11.4. The fourth-order valence-electron chi connectivity index (χ4n) is 3.84. The highest BCUT2D eigenvalue weighted by molar-refractivity contribution is 9.10. The molecule has 5 rings (SSSR count). The van der Waals surface area contributed by atoms with Crippen molar-refractivity contribution in [2.24, 2.45) is 0 Å². The number of nitro benzene ring substituents is 1. The number of carbonyl (C=O) groups excluding carboxylic acids is 1. The zero-order chi connectivity index (χ0) is 28.8. The first kappa shape index (κ1) is 30.0. The van der Waals surface area contributed by atoms with E-state index in [4.69, 9.17) is 34.8 Å². The van der Waals surface area contributed by atoms with Gasteiger partial charge in [0.15, 0.2) is 5.78 Å². The second-order valence-electron chi connectivity index (χ2n) is 8.41. The fraction of sp³-hybridized carbons (Fsp3) is 0. The quantitative estimate of drug-likeness (QED) is 0.103. The summed E-state index contributed by atoms with van der Waals surface area (Å²) in [5, 5.41) is 12.4. The maximum atomic E-state index is 12.0. The number of rotatable bonds is 5. The predicted molar refractivity (Wildman–Crippen MR) is 171 cm³/mol. The molecule has 0 atom stereocenters. The van der Waals surface area contributed by atoms with Crippen molar-refractivity contribution in [1.82, 2.24) is 0 Å². The average Bonchev–Trinajstić information content (AvgIpc) is 2.95. The van der Waals surface area contributed by atoms with Gasteiger partial charge in [-0.1, -0.05) is 121 Å². The van der Waals surface area contributed by atoms with E-state index >= 15 is 0 Å². The zero-order valence-corrected chi connectivity index (χ0v) is 25.9. The molecule has 0 saturated carbocycles. The molecular formula is C31H18Br2Cl3NO3. The van der Waals surface area contributed by atoms with E-state index in [-0.39, 0.29) is 11.5 Å². The smallest absolute Gasteiger partial charge is 0.269 e. The van der Waals surface area contributed by atoms with Gasteiger partial charge in [-0.3, -0.25) is 14.9 Å². The molecule has 0 N–H and O–H groups in total. The molecule has 40 heavy (non-hydrogen) atoms. The summed E-state index contributed by atoms with van der Waals surface area (Å²) in [6, 6.07) is 31.7. The van der Waals surface area contributed by atoms with E-state index in [1.165, 1.54) is 24.3 Å². The summed E-state index contributed by atoms with van der Waals surface area (Å²) in [5.74, 6) is -0.138. The van der Waals surface area contributed by atoms with Crippen LogP contribution in [0, 0.1) is 10.1 Å². The van der Waals surface area contributed by atoms with Gasteiger partial charge in [-0.15, -0.1) is 0 Å². The zero-order valence-electron chi connectivity index (χ0n) is 20.5. The van der Waals surface area contributed by atoms with Crippen LogP contribution >= 0.6 is 66.7 Å². The third-order valence-electron chi connectivity index (χ3n) is 5.82. The van der Waals surface area contributed by atoms with Gasteiger partial charge in [0.25, 0.3) is 5.69 Å². The van der Waals surface area contributed by atoms with E-state index < -0.39 is 4.92 Å². The van der Waals surface area contributed by atoms with Crippen molar-refractivity contribution in [3.63, 3.8) is 0 Å². The number of hydrogen-bond donors (Lipinski definition) is 0. The summed E-state index contributed by atoms with van der Waals surface area (Å²) in [7, 11) is 0. The topological polar surface area (TPSA) is 60.2 Å². The van der Waals surface area contributed by atoms with Crippen molar-refractivity contribution in [2.45, 2.75) is 0 Å². The number of carbonyl (C=O) groups is 1. The Morgan fingerprint density at radius 1 is 0.700 bits per heavy atom. The van der Waals surface area contributed by atoms with Crippen molar-refractivity contribution in [1.29, 1.82) is 0 Å². The number of halogens is 5. The van der Waals surface area contributed by atoms with Crippen LogP contribution in [0.15, 0.2) is 118 Å². The fourth-order valence-corrected chi connectivity index (χ4v) is 5.69. The van der Waals surface area contributed by atoms with Gasteiger partial charge < -0.3 is 0 Å². The van der Waals surface area contributed by atoms with Gasteiger partial charge in [0.1, 0.15) is 0 Å². The van der Waals surface area contributed by atoms with Crippen LogP contribution in [0.4, 0.5) is 5.69 Å². The summed E-state index contributed by atoms with van der Waals surface area (Å²) in [4.78, 5) is 21.9. The second kappa shape index (κ2) is 13.6.